The van der Waals surface area contributed by atoms with Crippen LogP contribution in [0.1, 0.15) is 20.3 Å². The van der Waals surface area contributed by atoms with E-state index >= 15 is 0 Å². The Morgan fingerprint density at radius 2 is 2.00 bits per heavy atom. The first-order valence-electron chi connectivity index (χ1n) is 3.66. The van der Waals surface area contributed by atoms with Crippen molar-refractivity contribution in [1.82, 2.24) is 5.32 Å². The predicted molar refractivity (Wildman–Crippen MR) is 36.2 cm³/mol. The van der Waals surface area contributed by atoms with Crippen LogP contribution in [0.2, 0.25) is 0 Å². The van der Waals surface area contributed by atoms with Crippen molar-refractivity contribution in [3.05, 3.63) is 0 Å². The lowest BCUT2D eigenvalue weighted by atomic mass is 9.92. The van der Waals surface area contributed by atoms with Gasteiger partial charge in [-0.2, -0.15) is 0 Å². The van der Waals surface area contributed by atoms with Crippen molar-refractivity contribution < 1.29 is 8.78 Å². The number of rotatable bonds is 2. The molecule has 0 spiro atoms. The Morgan fingerprint density at radius 3 is 2.10 bits per heavy atom. The topological polar surface area (TPSA) is 12.0 Å². The van der Waals surface area contributed by atoms with E-state index in [0.717, 1.165) is 6.54 Å². The zero-order valence-corrected chi connectivity index (χ0v) is 6.32. The van der Waals surface area contributed by atoms with Crippen molar-refractivity contribution in [1.29, 1.82) is 0 Å². The lowest BCUT2D eigenvalue weighted by Gasteiger charge is -2.37. The van der Waals surface area contributed by atoms with Crippen molar-refractivity contribution in [3.63, 3.8) is 0 Å². The molecule has 0 radical (unpaired) electrons. The van der Waals surface area contributed by atoms with Crippen molar-refractivity contribution in [2.45, 2.75) is 32.2 Å². The molecule has 0 amide bonds. The van der Waals surface area contributed by atoms with Crippen LogP contribution in [-0.4, -0.2) is 18.5 Å². The van der Waals surface area contributed by atoms with E-state index < -0.39 is 17.9 Å². The van der Waals surface area contributed by atoms with Gasteiger partial charge in [-0.05, 0) is 13.0 Å². The average molecular weight is 149 g/mol. The minimum Gasteiger partial charge on any atom is -0.309 e. The zero-order valence-electron chi connectivity index (χ0n) is 6.32. The summed E-state index contributed by atoms with van der Waals surface area (Å²) in [5.74, 6) is -3.07. The summed E-state index contributed by atoms with van der Waals surface area (Å²) in [6.07, 6.45) is 0.616. The molecule has 1 heterocycles. The maximum atomic E-state index is 12.9. The van der Waals surface area contributed by atoms with Crippen molar-refractivity contribution in [3.8, 4) is 0 Å². The van der Waals surface area contributed by atoms with Crippen LogP contribution >= 0.6 is 0 Å². The van der Waals surface area contributed by atoms with Gasteiger partial charge in [-0.1, -0.05) is 13.8 Å². The third kappa shape index (κ3) is 1.15. The molecule has 1 atom stereocenters. The minimum absolute atomic E-state index is 0.551. The average Bonchev–Trinajstić information content (AvgIpc) is 1.57. The van der Waals surface area contributed by atoms with Crippen LogP contribution in [0.5, 0.6) is 0 Å². The van der Waals surface area contributed by atoms with E-state index in [4.69, 9.17) is 0 Å². The fraction of sp³-hybridized carbons (Fsp3) is 1.00. The molecule has 3 heteroatoms. The van der Waals surface area contributed by atoms with Crippen LogP contribution in [0, 0.1) is 5.92 Å². The van der Waals surface area contributed by atoms with E-state index in [2.05, 4.69) is 5.32 Å². The molecule has 10 heavy (non-hydrogen) atoms. The van der Waals surface area contributed by atoms with E-state index in [1.807, 2.05) is 0 Å². The highest BCUT2D eigenvalue weighted by Crippen LogP contribution is 2.32. The van der Waals surface area contributed by atoms with Gasteiger partial charge in [-0.3, -0.25) is 0 Å². The molecule has 1 nitrogen and oxygen atoms in total. The van der Waals surface area contributed by atoms with Gasteiger partial charge in [0.05, 0.1) is 6.04 Å². The number of alkyl halides is 2. The van der Waals surface area contributed by atoms with E-state index in [1.165, 1.54) is 0 Å². The van der Waals surface area contributed by atoms with Crippen LogP contribution in [0.15, 0.2) is 0 Å². The maximum absolute atomic E-state index is 12.9. The molecule has 0 bridgehead atoms. The second kappa shape index (κ2) is 2.46. The quantitative estimate of drug-likeness (QED) is 0.629. The summed E-state index contributed by atoms with van der Waals surface area (Å²) >= 11 is 0. The Morgan fingerprint density at radius 1 is 1.50 bits per heavy atom. The monoisotopic (exact) mass is 149 g/mol. The molecule has 0 aromatic carbocycles. The van der Waals surface area contributed by atoms with E-state index in [1.54, 1.807) is 13.8 Å². The third-order valence-corrected chi connectivity index (χ3v) is 2.06. The van der Waals surface area contributed by atoms with Crippen molar-refractivity contribution in [2.75, 3.05) is 6.54 Å². The lowest BCUT2D eigenvalue weighted by molar-refractivity contribution is -0.0955. The van der Waals surface area contributed by atoms with Crippen LogP contribution in [0.4, 0.5) is 8.78 Å². The molecular formula is C7H13F2N. The third-order valence-electron chi connectivity index (χ3n) is 2.06. The second-order valence-corrected chi connectivity index (χ2v) is 3.12. The van der Waals surface area contributed by atoms with Crippen molar-refractivity contribution >= 4 is 0 Å². The van der Waals surface area contributed by atoms with Gasteiger partial charge < -0.3 is 5.32 Å². The highest BCUT2D eigenvalue weighted by Gasteiger charge is 2.45. The van der Waals surface area contributed by atoms with E-state index in [0.29, 0.717) is 6.42 Å². The van der Waals surface area contributed by atoms with Gasteiger partial charge in [-0.25, -0.2) is 8.78 Å². The molecule has 1 rings (SSSR count). The first-order valence-corrected chi connectivity index (χ1v) is 3.66. The zero-order chi connectivity index (χ0) is 7.78. The van der Waals surface area contributed by atoms with Gasteiger partial charge >= 0.3 is 0 Å². The Hall–Kier alpha value is -0.180. The molecule has 0 aromatic heterocycles. The summed E-state index contributed by atoms with van der Waals surface area (Å²) in [5, 5.41) is 2.72. The lowest BCUT2D eigenvalue weighted by Crippen LogP contribution is -2.56. The minimum atomic E-state index is -2.52. The number of hydrogen-bond acceptors (Lipinski definition) is 1. The summed E-state index contributed by atoms with van der Waals surface area (Å²) in [6, 6.07) is -0.563. The molecule has 0 aliphatic carbocycles. The molecule has 1 unspecified atom stereocenters. The molecule has 1 aliphatic heterocycles. The number of hydrogen-bond donors (Lipinski definition) is 1. The van der Waals surface area contributed by atoms with Crippen molar-refractivity contribution in [2.24, 2.45) is 5.92 Å². The van der Waals surface area contributed by atoms with Gasteiger partial charge in [-0.15, -0.1) is 0 Å². The smallest absolute Gasteiger partial charge is 0.265 e. The fourth-order valence-corrected chi connectivity index (χ4v) is 1.02. The molecule has 0 saturated carbocycles. The van der Waals surface area contributed by atoms with Crippen LogP contribution in [0.25, 0.3) is 0 Å². The van der Waals surface area contributed by atoms with Gasteiger partial charge in [0.25, 0.3) is 5.92 Å². The Balaban J connectivity index is 2.48. The van der Waals surface area contributed by atoms with Gasteiger partial charge in [0.2, 0.25) is 0 Å². The normalized spacial score (nSPS) is 26.7. The Bertz CT molecular complexity index is 119. The number of halogens is 2. The van der Waals surface area contributed by atoms with Gasteiger partial charge in [0.1, 0.15) is 0 Å². The maximum Gasteiger partial charge on any atom is 0.265 e. The van der Waals surface area contributed by atoms with Gasteiger partial charge in [0, 0.05) is 5.92 Å². The summed E-state index contributed by atoms with van der Waals surface area (Å²) in [5.41, 5.74) is 0. The highest BCUT2D eigenvalue weighted by molar-refractivity contribution is 4.91. The van der Waals surface area contributed by atoms with Crippen LogP contribution in [-0.2, 0) is 0 Å². The molecule has 60 valence electrons. The molecule has 1 saturated heterocycles. The SMILES string of the molecule is CC(C)C(F)(F)C1CCN1. The Labute approximate surface area is 59.8 Å². The molecular weight excluding hydrogens is 136 g/mol. The summed E-state index contributed by atoms with van der Waals surface area (Å²) < 4.78 is 25.9. The number of nitrogens with one attached hydrogen (secondary N) is 1. The molecule has 0 aromatic rings. The van der Waals surface area contributed by atoms with E-state index in [9.17, 15) is 8.78 Å². The first-order chi connectivity index (χ1) is 4.55. The largest absolute Gasteiger partial charge is 0.309 e. The standard InChI is InChI=1S/C7H13F2N/c1-5(2)7(8,9)6-3-4-10-6/h5-6,10H,3-4H2,1-2H3. The van der Waals surface area contributed by atoms with Crippen LogP contribution < -0.4 is 5.32 Å². The molecule has 1 N–H and O–H groups in total. The second-order valence-electron chi connectivity index (χ2n) is 3.12. The predicted octanol–water partition coefficient (Wildman–Crippen LogP) is 1.64. The van der Waals surface area contributed by atoms with Crippen LogP contribution in [0.3, 0.4) is 0 Å². The summed E-state index contributed by atoms with van der Waals surface area (Å²) in [4.78, 5) is 0. The highest BCUT2D eigenvalue weighted by atomic mass is 19.3. The summed E-state index contributed by atoms with van der Waals surface area (Å²) in [6.45, 7) is 3.85. The first kappa shape index (κ1) is 7.92. The molecule has 1 aliphatic rings. The summed E-state index contributed by atoms with van der Waals surface area (Å²) in [7, 11) is 0. The molecule has 1 fully saturated rings. The fourth-order valence-electron chi connectivity index (χ4n) is 1.02. The van der Waals surface area contributed by atoms with E-state index in [-0.39, 0.29) is 0 Å². The Kier molecular flexibility index (Phi) is 1.95. The van der Waals surface area contributed by atoms with Gasteiger partial charge in [0.15, 0.2) is 0 Å².